The summed E-state index contributed by atoms with van der Waals surface area (Å²) in [7, 11) is 0. The van der Waals surface area contributed by atoms with Crippen molar-refractivity contribution in [1.29, 1.82) is 0 Å². The van der Waals surface area contributed by atoms with E-state index in [1.165, 1.54) is 77.0 Å². The highest BCUT2D eigenvalue weighted by Crippen LogP contribution is 2.37. The molecule has 0 radical (unpaired) electrons. The average molecular weight is 279 g/mol. The Morgan fingerprint density at radius 2 is 1.80 bits per heavy atom. The van der Waals surface area contributed by atoms with Crippen LogP contribution in [0.25, 0.3) is 0 Å². The Morgan fingerprint density at radius 3 is 2.50 bits per heavy atom. The van der Waals surface area contributed by atoms with Crippen LogP contribution in [0, 0.1) is 5.92 Å². The van der Waals surface area contributed by atoms with Crippen LogP contribution in [0.5, 0.6) is 0 Å². The first-order valence-electron chi connectivity index (χ1n) is 9.21. The van der Waals surface area contributed by atoms with Crippen molar-refractivity contribution in [3.8, 4) is 0 Å². The van der Waals surface area contributed by atoms with Crippen molar-refractivity contribution in [2.24, 2.45) is 5.92 Å². The highest BCUT2D eigenvalue weighted by atomic mass is 16.5. The number of hydrogen-bond acceptors (Lipinski definition) is 2. The van der Waals surface area contributed by atoms with E-state index in [2.05, 4.69) is 12.2 Å². The number of rotatable bonds is 6. The molecule has 0 heterocycles. The number of ether oxygens (including phenoxy) is 1. The van der Waals surface area contributed by atoms with Crippen LogP contribution in [0.4, 0.5) is 0 Å². The van der Waals surface area contributed by atoms with Gasteiger partial charge < -0.3 is 10.1 Å². The maximum atomic E-state index is 6.77. The van der Waals surface area contributed by atoms with E-state index in [1.807, 2.05) is 0 Å². The van der Waals surface area contributed by atoms with E-state index in [4.69, 9.17) is 4.74 Å². The predicted octanol–water partition coefficient (Wildman–Crippen LogP) is 4.43. The van der Waals surface area contributed by atoms with Crippen molar-refractivity contribution < 1.29 is 4.74 Å². The third-order valence-corrected chi connectivity index (χ3v) is 5.78. The van der Waals surface area contributed by atoms with Crippen molar-refractivity contribution >= 4 is 0 Å². The van der Waals surface area contributed by atoms with Gasteiger partial charge in [-0.3, -0.25) is 0 Å². The largest absolute Gasteiger partial charge is 0.370 e. The highest BCUT2D eigenvalue weighted by molar-refractivity contribution is 4.92. The summed E-state index contributed by atoms with van der Waals surface area (Å²) in [5.41, 5.74) is 0.182. The number of nitrogens with one attached hydrogen (secondary N) is 1. The maximum Gasteiger partial charge on any atom is 0.0810 e. The van der Waals surface area contributed by atoms with Crippen LogP contribution in [0.15, 0.2) is 0 Å². The van der Waals surface area contributed by atoms with Gasteiger partial charge in [0.05, 0.1) is 11.7 Å². The van der Waals surface area contributed by atoms with Crippen molar-refractivity contribution in [3.05, 3.63) is 0 Å². The first-order chi connectivity index (χ1) is 9.80. The molecule has 3 saturated carbocycles. The van der Waals surface area contributed by atoms with Crippen LogP contribution < -0.4 is 5.32 Å². The Labute approximate surface area is 125 Å². The molecule has 0 aliphatic heterocycles. The van der Waals surface area contributed by atoms with Crippen LogP contribution in [-0.4, -0.2) is 24.3 Å². The fourth-order valence-corrected chi connectivity index (χ4v) is 4.22. The van der Waals surface area contributed by atoms with Crippen molar-refractivity contribution in [2.75, 3.05) is 6.54 Å². The van der Waals surface area contributed by atoms with Gasteiger partial charge in [-0.15, -0.1) is 0 Å². The Morgan fingerprint density at radius 1 is 1.00 bits per heavy atom. The standard InChI is InChI=1S/C18H33NO/c1-2-15-7-6-8-17(13-15)20-18(11-4-3-5-12-18)14-19-16-9-10-16/h15-17,19H,2-14H2,1H3. The molecule has 0 amide bonds. The molecule has 3 aliphatic rings. The summed E-state index contributed by atoms with van der Waals surface area (Å²) in [6.45, 7) is 3.46. The van der Waals surface area contributed by atoms with Gasteiger partial charge in [-0.25, -0.2) is 0 Å². The van der Waals surface area contributed by atoms with Gasteiger partial charge in [0.2, 0.25) is 0 Å². The van der Waals surface area contributed by atoms with Gasteiger partial charge in [0.25, 0.3) is 0 Å². The molecule has 2 atom stereocenters. The minimum absolute atomic E-state index is 0.182. The molecule has 2 nitrogen and oxygen atoms in total. The minimum Gasteiger partial charge on any atom is -0.370 e. The van der Waals surface area contributed by atoms with Crippen LogP contribution >= 0.6 is 0 Å². The van der Waals surface area contributed by atoms with Crippen LogP contribution in [0.3, 0.4) is 0 Å². The molecule has 116 valence electrons. The van der Waals surface area contributed by atoms with Gasteiger partial charge in [-0.05, 0) is 44.4 Å². The minimum atomic E-state index is 0.182. The molecule has 1 N–H and O–H groups in total. The summed E-state index contributed by atoms with van der Waals surface area (Å²) < 4.78 is 6.77. The first-order valence-corrected chi connectivity index (χ1v) is 9.21. The Kier molecular flexibility index (Phi) is 5.04. The molecule has 0 aromatic rings. The lowest BCUT2D eigenvalue weighted by Crippen LogP contribution is -2.48. The zero-order valence-electron chi connectivity index (χ0n) is 13.3. The molecule has 3 fully saturated rings. The van der Waals surface area contributed by atoms with Crippen LogP contribution in [-0.2, 0) is 4.74 Å². The smallest absolute Gasteiger partial charge is 0.0810 e. The predicted molar refractivity (Wildman–Crippen MR) is 84.0 cm³/mol. The summed E-state index contributed by atoms with van der Waals surface area (Å²) in [6, 6.07) is 0.812. The zero-order chi connectivity index (χ0) is 13.8. The van der Waals surface area contributed by atoms with E-state index in [-0.39, 0.29) is 5.60 Å². The summed E-state index contributed by atoms with van der Waals surface area (Å²) in [6.07, 6.45) is 16.8. The lowest BCUT2D eigenvalue weighted by atomic mass is 9.82. The fourth-order valence-electron chi connectivity index (χ4n) is 4.22. The Balaban J connectivity index is 1.56. The van der Waals surface area contributed by atoms with Gasteiger partial charge in [-0.2, -0.15) is 0 Å². The topological polar surface area (TPSA) is 21.3 Å². The lowest BCUT2D eigenvalue weighted by Gasteiger charge is -2.42. The van der Waals surface area contributed by atoms with E-state index < -0.39 is 0 Å². The van der Waals surface area contributed by atoms with E-state index >= 15 is 0 Å². The third-order valence-electron chi connectivity index (χ3n) is 5.78. The van der Waals surface area contributed by atoms with Crippen LogP contribution in [0.1, 0.15) is 84.0 Å². The van der Waals surface area contributed by atoms with Gasteiger partial charge >= 0.3 is 0 Å². The molecule has 0 aromatic heterocycles. The summed E-state index contributed by atoms with van der Waals surface area (Å²) >= 11 is 0. The Hall–Kier alpha value is -0.0800. The van der Waals surface area contributed by atoms with E-state index in [0.29, 0.717) is 6.10 Å². The molecule has 3 aliphatic carbocycles. The molecule has 0 bridgehead atoms. The van der Waals surface area contributed by atoms with Gasteiger partial charge in [0.1, 0.15) is 0 Å². The first kappa shape index (κ1) is 14.8. The highest BCUT2D eigenvalue weighted by Gasteiger charge is 2.38. The SMILES string of the molecule is CCC1CCCC(OC2(CNC3CC3)CCCCC2)C1. The average Bonchev–Trinajstić information content (AvgIpc) is 3.31. The van der Waals surface area contributed by atoms with Crippen molar-refractivity contribution in [1.82, 2.24) is 5.32 Å². The van der Waals surface area contributed by atoms with Crippen molar-refractivity contribution in [2.45, 2.75) is 102 Å². The molecule has 2 heteroatoms. The molecular formula is C18H33NO. The Bertz CT molecular complexity index is 294. The maximum absolute atomic E-state index is 6.77. The molecular weight excluding hydrogens is 246 g/mol. The molecule has 0 spiro atoms. The van der Waals surface area contributed by atoms with Gasteiger partial charge in [0.15, 0.2) is 0 Å². The fraction of sp³-hybridized carbons (Fsp3) is 1.00. The quantitative estimate of drug-likeness (QED) is 0.777. The van der Waals surface area contributed by atoms with Crippen LogP contribution in [0.2, 0.25) is 0 Å². The lowest BCUT2D eigenvalue weighted by molar-refractivity contribution is -0.127. The van der Waals surface area contributed by atoms with Crippen molar-refractivity contribution in [3.63, 3.8) is 0 Å². The molecule has 0 saturated heterocycles. The second-order valence-electron chi connectivity index (χ2n) is 7.58. The zero-order valence-corrected chi connectivity index (χ0v) is 13.3. The van der Waals surface area contributed by atoms with Gasteiger partial charge in [-0.1, -0.05) is 45.4 Å². The van der Waals surface area contributed by atoms with E-state index in [0.717, 1.165) is 18.5 Å². The summed E-state index contributed by atoms with van der Waals surface area (Å²) in [4.78, 5) is 0. The van der Waals surface area contributed by atoms with E-state index in [9.17, 15) is 0 Å². The normalized spacial score (nSPS) is 34.0. The molecule has 3 rings (SSSR count). The molecule has 20 heavy (non-hydrogen) atoms. The van der Waals surface area contributed by atoms with E-state index in [1.54, 1.807) is 0 Å². The summed E-state index contributed by atoms with van der Waals surface area (Å²) in [5, 5.41) is 3.76. The molecule has 2 unspecified atom stereocenters. The summed E-state index contributed by atoms with van der Waals surface area (Å²) in [5.74, 6) is 0.922. The van der Waals surface area contributed by atoms with Gasteiger partial charge in [0, 0.05) is 12.6 Å². The molecule has 0 aromatic carbocycles. The second kappa shape index (κ2) is 6.79. The number of hydrogen-bond donors (Lipinski definition) is 1. The monoisotopic (exact) mass is 279 g/mol. The second-order valence-corrected chi connectivity index (χ2v) is 7.58. The third kappa shape index (κ3) is 3.98.